The summed E-state index contributed by atoms with van der Waals surface area (Å²) in [6.07, 6.45) is 0.438. The first-order chi connectivity index (χ1) is 10.4. The van der Waals surface area contributed by atoms with Crippen molar-refractivity contribution < 1.29 is 24.2 Å². The molecule has 0 aliphatic heterocycles. The van der Waals surface area contributed by atoms with Crippen LogP contribution in [0.4, 0.5) is 0 Å². The molecule has 0 saturated carbocycles. The predicted molar refractivity (Wildman–Crippen MR) is 79.3 cm³/mol. The van der Waals surface area contributed by atoms with Crippen LogP contribution >= 0.6 is 0 Å². The summed E-state index contributed by atoms with van der Waals surface area (Å²) in [5, 5.41) is 11.4. The van der Waals surface area contributed by atoms with Gasteiger partial charge >= 0.3 is 5.97 Å². The van der Waals surface area contributed by atoms with Crippen LogP contribution in [0.5, 0.6) is 5.75 Å². The van der Waals surface area contributed by atoms with E-state index in [4.69, 9.17) is 15.6 Å². The van der Waals surface area contributed by atoms with E-state index in [0.717, 1.165) is 5.56 Å². The van der Waals surface area contributed by atoms with Crippen LogP contribution in [-0.2, 0) is 20.8 Å². The molecule has 1 atom stereocenters. The minimum absolute atomic E-state index is 0.0228. The van der Waals surface area contributed by atoms with Crippen molar-refractivity contribution in [1.82, 2.24) is 5.32 Å². The molecule has 0 unspecified atom stereocenters. The monoisotopic (exact) mass is 308 g/mol. The van der Waals surface area contributed by atoms with Crippen LogP contribution in [0.1, 0.15) is 24.8 Å². The Morgan fingerprint density at radius 3 is 2.55 bits per heavy atom. The standard InChI is InChI=1S/C15H20N2O5/c1-22-12-5-3-2-4-10(12)6-9-14(19)17-11(15(20)21)7-8-13(16)18/h2-5,11H,6-9H2,1H3,(H2,16,18)(H,17,19)(H,20,21)/t11-/m0/s1. The van der Waals surface area contributed by atoms with Crippen molar-refractivity contribution in [3.8, 4) is 5.75 Å². The molecule has 2 amide bonds. The Labute approximate surface area is 128 Å². The molecule has 0 aliphatic rings. The van der Waals surface area contributed by atoms with Gasteiger partial charge in [-0.2, -0.15) is 0 Å². The third-order valence-electron chi connectivity index (χ3n) is 3.13. The average Bonchev–Trinajstić information content (AvgIpc) is 2.49. The number of benzene rings is 1. The van der Waals surface area contributed by atoms with Crippen molar-refractivity contribution in [1.29, 1.82) is 0 Å². The normalized spacial score (nSPS) is 11.5. The highest BCUT2D eigenvalue weighted by molar-refractivity contribution is 5.84. The molecular weight excluding hydrogens is 288 g/mol. The van der Waals surface area contributed by atoms with Crippen LogP contribution in [0.15, 0.2) is 24.3 Å². The fourth-order valence-electron chi connectivity index (χ4n) is 1.97. The molecule has 0 spiro atoms. The van der Waals surface area contributed by atoms with E-state index in [1.807, 2.05) is 18.2 Å². The molecule has 0 aliphatic carbocycles. The number of carboxylic acid groups (broad SMARTS) is 1. The van der Waals surface area contributed by atoms with E-state index < -0.39 is 23.8 Å². The first-order valence-electron chi connectivity index (χ1n) is 6.86. The molecule has 7 heteroatoms. The van der Waals surface area contributed by atoms with E-state index >= 15 is 0 Å². The van der Waals surface area contributed by atoms with E-state index in [9.17, 15) is 14.4 Å². The summed E-state index contributed by atoms with van der Waals surface area (Å²) in [7, 11) is 1.54. The highest BCUT2D eigenvalue weighted by Gasteiger charge is 2.20. The number of aliphatic carboxylic acids is 1. The van der Waals surface area contributed by atoms with E-state index in [2.05, 4.69) is 5.32 Å². The van der Waals surface area contributed by atoms with Crippen molar-refractivity contribution in [2.24, 2.45) is 5.73 Å². The lowest BCUT2D eigenvalue weighted by molar-refractivity contribution is -0.142. The number of hydrogen-bond donors (Lipinski definition) is 3. The number of aryl methyl sites for hydroxylation is 1. The van der Waals surface area contributed by atoms with Gasteiger partial charge in [-0.05, 0) is 24.5 Å². The van der Waals surface area contributed by atoms with Crippen LogP contribution in [0.2, 0.25) is 0 Å². The predicted octanol–water partition coefficient (Wildman–Crippen LogP) is 0.463. The molecule has 22 heavy (non-hydrogen) atoms. The van der Waals surface area contributed by atoms with Crippen LogP contribution in [0.25, 0.3) is 0 Å². The third kappa shape index (κ3) is 5.82. The zero-order valence-corrected chi connectivity index (χ0v) is 12.4. The highest BCUT2D eigenvalue weighted by atomic mass is 16.5. The molecule has 4 N–H and O–H groups in total. The summed E-state index contributed by atoms with van der Waals surface area (Å²) in [6.45, 7) is 0. The van der Waals surface area contributed by atoms with Crippen LogP contribution in [-0.4, -0.2) is 36.0 Å². The van der Waals surface area contributed by atoms with Gasteiger partial charge in [0.1, 0.15) is 11.8 Å². The maximum Gasteiger partial charge on any atom is 0.326 e. The van der Waals surface area contributed by atoms with Crippen LogP contribution in [0.3, 0.4) is 0 Å². The Bertz CT molecular complexity index is 544. The molecule has 1 aromatic carbocycles. The summed E-state index contributed by atoms with van der Waals surface area (Å²) in [4.78, 5) is 33.6. The Morgan fingerprint density at radius 2 is 1.95 bits per heavy atom. The van der Waals surface area contributed by atoms with Crippen molar-refractivity contribution in [2.75, 3.05) is 7.11 Å². The average molecular weight is 308 g/mol. The van der Waals surface area contributed by atoms with Gasteiger partial charge in [0.15, 0.2) is 0 Å². The number of carboxylic acids is 1. The molecule has 1 aromatic rings. The maximum absolute atomic E-state index is 11.8. The Balaban J connectivity index is 2.53. The number of hydrogen-bond acceptors (Lipinski definition) is 4. The minimum Gasteiger partial charge on any atom is -0.496 e. The molecule has 0 fully saturated rings. The van der Waals surface area contributed by atoms with Gasteiger partial charge in [-0.3, -0.25) is 9.59 Å². The summed E-state index contributed by atoms with van der Waals surface area (Å²) in [6, 6.07) is 6.18. The molecule has 0 saturated heterocycles. The Hall–Kier alpha value is -2.57. The number of ether oxygens (including phenoxy) is 1. The first kappa shape index (κ1) is 17.5. The number of carbonyl (C=O) groups is 3. The largest absolute Gasteiger partial charge is 0.496 e. The van der Waals surface area contributed by atoms with E-state index in [0.29, 0.717) is 12.2 Å². The molecule has 0 radical (unpaired) electrons. The number of nitrogens with one attached hydrogen (secondary N) is 1. The fourth-order valence-corrected chi connectivity index (χ4v) is 1.97. The number of carbonyl (C=O) groups excluding carboxylic acids is 2. The number of amides is 2. The molecule has 0 bridgehead atoms. The zero-order chi connectivity index (χ0) is 16.5. The second-order valence-corrected chi connectivity index (χ2v) is 4.78. The number of methoxy groups -OCH3 is 1. The van der Waals surface area contributed by atoms with Crippen molar-refractivity contribution >= 4 is 17.8 Å². The van der Waals surface area contributed by atoms with Gasteiger partial charge in [-0.15, -0.1) is 0 Å². The van der Waals surface area contributed by atoms with Crippen molar-refractivity contribution in [3.63, 3.8) is 0 Å². The molecule has 1 rings (SSSR count). The van der Waals surface area contributed by atoms with E-state index in [1.54, 1.807) is 13.2 Å². The SMILES string of the molecule is COc1ccccc1CCC(=O)N[C@@H](CCC(N)=O)C(=O)O. The van der Waals surface area contributed by atoms with E-state index in [1.165, 1.54) is 0 Å². The lowest BCUT2D eigenvalue weighted by Crippen LogP contribution is -2.41. The van der Waals surface area contributed by atoms with E-state index in [-0.39, 0.29) is 19.3 Å². The topological polar surface area (TPSA) is 119 Å². The molecule has 120 valence electrons. The quantitative estimate of drug-likeness (QED) is 0.612. The fraction of sp³-hybridized carbons (Fsp3) is 0.400. The van der Waals surface area contributed by atoms with Gasteiger partial charge in [0, 0.05) is 12.8 Å². The highest BCUT2D eigenvalue weighted by Crippen LogP contribution is 2.18. The van der Waals surface area contributed by atoms with Gasteiger partial charge in [-0.1, -0.05) is 18.2 Å². The maximum atomic E-state index is 11.8. The summed E-state index contributed by atoms with van der Waals surface area (Å²) in [5.41, 5.74) is 5.84. The lowest BCUT2D eigenvalue weighted by atomic mass is 10.1. The van der Waals surface area contributed by atoms with Crippen molar-refractivity contribution in [3.05, 3.63) is 29.8 Å². The number of primary amides is 1. The molecule has 7 nitrogen and oxygen atoms in total. The molecule has 0 aromatic heterocycles. The molecule has 0 heterocycles. The Morgan fingerprint density at radius 1 is 1.27 bits per heavy atom. The lowest BCUT2D eigenvalue weighted by Gasteiger charge is -2.14. The van der Waals surface area contributed by atoms with Gasteiger partial charge in [0.25, 0.3) is 0 Å². The van der Waals surface area contributed by atoms with Gasteiger partial charge in [-0.25, -0.2) is 4.79 Å². The number of para-hydroxylation sites is 1. The van der Waals surface area contributed by atoms with Gasteiger partial charge < -0.3 is 20.9 Å². The number of nitrogens with two attached hydrogens (primary N) is 1. The first-order valence-corrected chi connectivity index (χ1v) is 6.86. The van der Waals surface area contributed by atoms with Crippen LogP contribution < -0.4 is 15.8 Å². The summed E-state index contributed by atoms with van der Waals surface area (Å²) < 4.78 is 5.18. The second kappa shape index (κ2) is 8.66. The Kier molecular flexibility index (Phi) is 6.88. The minimum atomic E-state index is -1.19. The van der Waals surface area contributed by atoms with Gasteiger partial charge in [0.2, 0.25) is 11.8 Å². The summed E-state index contributed by atoms with van der Waals surface area (Å²) in [5.74, 6) is -1.51. The molecular formula is C15H20N2O5. The summed E-state index contributed by atoms with van der Waals surface area (Å²) >= 11 is 0. The van der Waals surface area contributed by atoms with Crippen molar-refractivity contribution in [2.45, 2.75) is 31.7 Å². The zero-order valence-electron chi connectivity index (χ0n) is 12.4. The second-order valence-electron chi connectivity index (χ2n) is 4.78. The number of rotatable bonds is 9. The third-order valence-corrected chi connectivity index (χ3v) is 3.13. The van der Waals surface area contributed by atoms with Crippen LogP contribution in [0, 0.1) is 0 Å². The smallest absolute Gasteiger partial charge is 0.326 e. The van der Waals surface area contributed by atoms with Gasteiger partial charge in [0.05, 0.1) is 7.11 Å².